The zero-order chi connectivity index (χ0) is 18.3. The lowest BCUT2D eigenvalue weighted by Gasteiger charge is -2.17. The van der Waals surface area contributed by atoms with E-state index < -0.39 is 0 Å². The number of carbonyl (C=O) groups excluding carboxylic acids is 1. The summed E-state index contributed by atoms with van der Waals surface area (Å²) in [4.78, 5) is 18.5. The summed E-state index contributed by atoms with van der Waals surface area (Å²) >= 11 is 6.06. The van der Waals surface area contributed by atoms with Crippen LogP contribution in [0.25, 0.3) is 11.5 Å². The highest BCUT2D eigenvalue weighted by Gasteiger charge is 2.34. The van der Waals surface area contributed by atoms with E-state index in [4.69, 9.17) is 16.1 Å². The molecule has 7 heteroatoms. The second-order valence-corrected chi connectivity index (χ2v) is 6.71. The highest BCUT2D eigenvalue weighted by Crippen LogP contribution is 2.33. The number of nitrogens with zero attached hydrogens (tertiary/aromatic N) is 3. The Hall–Kier alpha value is -2.73. The average molecular weight is 372 g/mol. The van der Waals surface area contributed by atoms with Crippen molar-refractivity contribution in [3.05, 3.63) is 64.7 Å². The number of aromatic nitrogens is 2. The van der Waals surface area contributed by atoms with Gasteiger partial charge in [-0.25, -0.2) is 4.39 Å². The van der Waals surface area contributed by atoms with E-state index in [1.165, 1.54) is 12.1 Å². The molecule has 0 bridgehead atoms. The van der Waals surface area contributed by atoms with Crippen molar-refractivity contribution in [2.24, 2.45) is 0 Å². The van der Waals surface area contributed by atoms with E-state index in [-0.39, 0.29) is 17.6 Å². The number of amides is 1. The van der Waals surface area contributed by atoms with Crippen LogP contribution in [0, 0.1) is 12.7 Å². The van der Waals surface area contributed by atoms with Crippen molar-refractivity contribution in [3.63, 3.8) is 0 Å². The molecule has 1 saturated heterocycles. The molecule has 0 aliphatic carbocycles. The highest BCUT2D eigenvalue weighted by molar-refractivity contribution is 6.31. The van der Waals surface area contributed by atoms with Gasteiger partial charge in [0, 0.05) is 35.2 Å². The van der Waals surface area contributed by atoms with E-state index in [9.17, 15) is 9.18 Å². The van der Waals surface area contributed by atoms with Crippen molar-refractivity contribution < 1.29 is 13.7 Å². The van der Waals surface area contributed by atoms with Gasteiger partial charge in [-0.3, -0.25) is 4.79 Å². The number of rotatable bonds is 3. The summed E-state index contributed by atoms with van der Waals surface area (Å²) in [6.07, 6.45) is 0.310. The van der Waals surface area contributed by atoms with Crippen LogP contribution in [0.15, 0.2) is 47.0 Å². The molecule has 1 aromatic heterocycles. The Bertz CT molecular complexity index is 971. The van der Waals surface area contributed by atoms with Gasteiger partial charge in [0.15, 0.2) is 5.82 Å². The summed E-state index contributed by atoms with van der Waals surface area (Å²) in [5, 5.41) is 4.68. The molecule has 0 radical (unpaired) electrons. The zero-order valence-corrected chi connectivity index (χ0v) is 14.7. The molecule has 4 rings (SSSR count). The number of hydrogen-bond acceptors (Lipinski definition) is 4. The predicted molar refractivity (Wildman–Crippen MR) is 95.6 cm³/mol. The topological polar surface area (TPSA) is 59.2 Å². The van der Waals surface area contributed by atoms with Gasteiger partial charge >= 0.3 is 0 Å². The van der Waals surface area contributed by atoms with Crippen molar-refractivity contribution >= 4 is 23.2 Å². The Kier molecular flexibility index (Phi) is 4.20. The van der Waals surface area contributed by atoms with E-state index in [0.29, 0.717) is 35.3 Å². The summed E-state index contributed by atoms with van der Waals surface area (Å²) in [7, 11) is 0. The largest absolute Gasteiger partial charge is 0.334 e. The smallest absolute Gasteiger partial charge is 0.257 e. The molecule has 1 unspecified atom stereocenters. The summed E-state index contributed by atoms with van der Waals surface area (Å²) in [5.74, 6) is 0.309. The number of halogens is 2. The lowest BCUT2D eigenvalue weighted by atomic mass is 10.1. The maximum Gasteiger partial charge on any atom is 0.257 e. The van der Waals surface area contributed by atoms with Crippen LogP contribution in [0.4, 0.5) is 10.1 Å². The van der Waals surface area contributed by atoms with Crippen LogP contribution in [0.2, 0.25) is 5.02 Å². The third kappa shape index (κ3) is 3.08. The molecule has 1 fully saturated rings. The number of aryl methyl sites for hydroxylation is 1. The first-order chi connectivity index (χ1) is 12.5. The quantitative estimate of drug-likeness (QED) is 0.686. The standard InChI is InChI=1S/C19H15ClFN3O2/c1-11-8-15(6-7-16(11)20)24-10-13(9-17(24)25)18-22-19(26-23-18)12-2-4-14(21)5-3-12/h2-8,13H,9-10H2,1H3. The van der Waals surface area contributed by atoms with Gasteiger partial charge in [-0.2, -0.15) is 4.98 Å². The van der Waals surface area contributed by atoms with Crippen LogP contribution in [0.5, 0.6) is 0 Å². The molecule has 2 aromatic carbocycles. The molecular weight excluding hydrogens is 357 g/mol. The SMILES string of the molecule is Cc1cc(N2CC(c3noc(-c4ccc(F)cc4)n3)CC2=O)ccc1Cl. The van der Waals surface area contributed by atoms with Gasteiger partial charge in [0.1, 0.15) is 5.82 Å². The molecule has 0 saturated carbocycles. The minimum absolute atomic E-state index is 0.00450. The van der Waals surface area contributed by atoms with Gasteiger partial charge in [0.05, 0.1) is 0 Å². The van der Waals surface area contributed by atoms with Gasteiger partial charge in [0.25, 0.3) is 5.89 Å². The monoisotopic (exact) mass is 371 g/mol. The van der Waals surface area contributed by atoms with Crippen molar-refractivity contribution in [1.82, 2.24) is 10.1 Å². The molecule has 132 valence electrons. The van der Waals surface area contributed by atoms with Crippen molar-refractivity contribution in [3.8, 4) is 11.5 Å². The molecule has 1 aliphatic rings. The van der Waals surface area contributed by atoms with Crippen LogP contribution < -0.4 is 4.90 Å². The molecule has 0 N–H and O–H groups in total. The van der Waals surface area contributed by atoms with Crippen LogP contribution in [-0.4, -0.2) is 22.6 Å². The molecule has 2 heterocycles. The van der Waals surface area contributed by atoms with E-state index >= 15 is 0 Å². The first kappa shape index (κ1) is 16.7. The second-order valence-electron chi connectivity index (χ2n) is 6.30. The summed E-state index contributed by atoms with van der Waals surface area (Å²) < 4.78 is 18.3. The maximum atomic E-state index is 13.0. The van der Waals surface area contributed by atoms with E-state index in [1.807, 2.05) is 19.1 Å². The summed E-state index contributed by atoms with van der Waals surface area (Å²) in [6.45, 7) is 2.38. The fourth-order valence-corrected chi connectivity index (χ4v) is 3.15. The van der Waals surface area contributed by atoms with Crippen LogP contribution >= 0.6 is 11.6 Å². The van der Waals surface area contributed by atoms with Gasteiger partial charge in [-0.1, -0.05) is 16.8 Å². The molecule has 26 heavy (non-hydrogen) atoms. The maximum absolute atomic E-state index is 13.0. The minimum atomic E-state index is -0.330. The average Bonchev–Trinajstić information content (AvgIpc) is 3.25. The molecule has 1 aliphatic heterocycles. The molecular formula is C19H15ClFN3O2. The Balaban J connectivity index is 1.55. The lowest BCUT2D eigenvalue weighted by molar-refractivity contribution is -0.117. The van der Waals surface area contributed by atoms with Crippen LogP contribution in [0.1, 0.15) is 23.7 Å². The van der Waals surface area contributed by atoms with Crippen LogP contribution in [-0.2, 0) is 4.79 Å². The third-order valence-corrected chi connectivity index (χ3v) is 4.90. The van der Waals surface area contributed by atoms with Crippen LogP contribution in [0.3, 0.4) is 0 Å². The second kappa shape index (κ2) is 6.53. The van der Waals surface area contributed by atoms with Gasteiger partial charge in [0.2, 0.25) is 5.91 Å². The number of carbonyl (C=O) groups is 1. The predicted octanol–water partition coefficient (Wildman–Crippen LogP) is 4.36. The molecule has 3 aromatic rings. The molecule has 5 nitrogen and oxygen atoms in total. The molecule has 1 amide bonds. The van der Waals surface area contributed by atoms with E-state index in [0.717, 1.165) is 11.3 Å². The Morgan fingerprint density at radius 2 is 2.00 bits per heavy atom. The van der Waals surface area contributed by atoms with Gasteiger partial charge in [-0.05, 0) is 55.0 Å². The van der Waals surface area contributed by atoms with Gasteiger partial charge < -0.3 is 9.42 Å². The fourth-order valence-electron chi connectivity index (χ4n) is 3.04. The van der Waals surface area contributed by atoms with E-state index in [1.54, 1.807) is 23.1 Å². The summed E-state index contributed by atoms with van der Waals surface area (Å²) in [5.41, 5.74) is 2.36. The third-order valence-electron chi connectivity index (χ3n) is 4.48. The minimum Gasteiger partial charge on any atom is -0.334 e. The Morgan fingerprint density at radius 3 is 2.73 bits per heavy atom. The Labute approximate surface area is 154 Å². The number of hydrogen-bond donors (Lipinski definition) is 0. The van der Waals surface area contributed by atoms with Crippen molar-refractivity contribution in [2.75, 3.05) is 11.4 Å². The first-order valence-corrected chi connectivity index (χ1v) is 8.55. The fraction of sp³-hybridized carbons (Fsp3) is 0.211. The Morgan fingerprint density at radius 1 is 1.23 bits per heavy atom. The van der Waals surface area contributed by atoms with Gasteiger partial charge in [-0.15, -0.1) is 0 Å². The van der Waals surface area contributed by atoms with Crippen molar-refractivity contribution in [2.45, 2.75) is 19.3 Å². The summed E-state index contributed by atoms with van der Waals surface area (Å²) in [6, 6.07) is 11.3. The molecule has 0 spiro atoms. The van der Waals surface area contributed by atoms with Crippen molar-refractivity contribution in [1.29, 1.82) is 0 Å². The molecule has 1 atom stereocenters. The number of benzene rings is 2. The normalized spacial score (nSPS) is 17.1. The lowest BCUT2D eigenvalue weighted by Crippen LogP contribution is -2.24. The highest BCUT2D eigenvalue weighted by atomic mass is 35.5. The zero-order valence-electron chi connectivity index (χ0n) is 13.9. The number of anilines is 1. The first-order valence-electron chi connectivity index (χ1n) is 8.17. The van der Waals surface area contributed by atoms with E-state index in [2.05, 4.69) is 10.1 Å².